The molecule has 0 bridgehead atoms. The van der Waals surface area contributed by atoms with Crippen LogP contribution in [0.1, 0.15) is 45.0 Å². The van der Waals surface area contributed by atoms with E-state index in [4.69, 9.17) is 0 Å². The van der Waals surface area contributed by atoms with Gasteiger partial charge in [-0.3, -0.25) is 10.1 Å². The SMILES string of the molecule is O=C(Nc1nc(C2CC2)cs1)c1ccc(C2SCCS2)cc1. The van der Waals surface area contributed by atoms with E-state index in [1.807, 2.05) is 35.7 Å². The minimum atomic E-state index is -0.0741. The summed E-state index contributed by atoms with van der Waals surface area (Å²) >= 11 is 5.47. The van der Waals surface area contributed by atoms with E-state index >= 15 is 0 Å². The molecule has 114 valence electrons. The Kier molecular flexibility index (Phi) is 4.15. The van der Waals surface area contributed by atoms with Gasteiger partial charge in [0.1, 0.15) is 0 Å². The number of hydrogen-bond acceptors (Lipinski definition) is 5. The smallest absolute Gasteiger partial charge is 0.257 e. The molecule has 2 aliphatic rings. The number of thioether (sulfide) groups is 2. The predicted octanol–water partition coefficient (Wildman–Crippen LogP) is 4.75. The molecule has 2 aromatic rings. The van der Waals surface area contributed by atoms with Crippen LogP contribution in [-0.4, -0.2) is 22.4 Å². The van der Waals surface area contributed by atoms with E-state index in [9.17, 15) is 4.79 Å². The second-order valence-electron chi connectivity index (χ2n) is 5.50. The molecule has 1 saturated heterocycles. The summed E-state index contributed by atoms with van der Waals surface area (Å²) in [5, 5.41) is 5.68. The molecule has 6 heteroatoms. The Morgan fingerprint density at radius 3 is 2.55 bits per heavy atom. The minimum absolute atomic E-state index is 0.0741. The Balaban J connectivity index is 1.42. The lowest BCUT2D eigenvalue weighted by Crippen LogP contribution is -2.11. The van der Waals surface area contributed by atoms with Gasteiger partial charge in [0.2, 0.25) is 0 Å². The van der Waals surface area contributed by atoms with Crippen molar-refractivity contribution < 1.29 is 4.79 Å². The summed E-state index contributed by atoms with van der Waals surface area (Å²) in [5.74, 6) is 2.98. The number of amides is 1. The molecule has 0 atom stereocenters. The van der Waals surface area contributed by atoms with Gasteiger partial charge >= 0.3 is 0 Å². The molecular weight excluding hydrogens is 332 g/mol. The lowest BCUT2D eigenvalue weighted by molar-refractivity contribution is 0.102. The Hall–Kier alpha value is -0.980. The van der Waals surface area contributed by atoms with Gasteiger partial charge in [-0.15, -0.1) is 34.9 Å². The van der Waals surface area contributed by atoms with Crippen molar-refractivity contribution in [2.75, 3.05) is 16.8 Å². The highest BCUT2D eigenvalue weighted by molar-refractivity contribution is 8.19. The summed E-state index contributed by atoms with van der Waals surface area (Å²) in [6.07, 6.45) is 2.46. The number of hydrogen-bond donors (Lipinski definition) is 1. The fraction of sp³-hybridized carbons (Fsp3) is 0.375. The molecular formula is C16H16N2OS3. The maximum absolute atomic E-state index is 12.3. The number of carbonyl (C=O) groups is 1. The summed E-state index contributed by atoms with van der Waals surface area (Å²) < 4.78 is 0.525. The third kappa shape index (κ3) is 3.19. The number of aromatic nitrogens is 1. The highest BCUT2D eigenvalue weighted by Gasteiger charge is 2.26. The van der Waals surface area contributed by atoms with Crippen LogP contribution in [0.25, 0.3) is 0 Å². The normalized spacial score (nSPS) is 18.5. The van der Waals surface area contributed by atoms with Crippen molar-refractivity contribution in [2.24, 2.45) is 0 Å². The van der Waals surface area contributed by atoms with Crippen LogP contribution in [0, 0.1) is 0 Å². The Morgan fingerprint density at radius 2 is 1.86 bits per heavy atom. The first-order valence-corrected chi connectivity index (χ1v) is 10.4. The van der Waals surface area contributed by atoms with Crippen LogP contribution in [0.15, 0.2) is 29.6 Å². The number of anilines is 1. The van der Waals surface area contributed by atoms with Crippen molar-refractivity contribution >= 4 is 45.9 Å². The number of nitrogens with zero attached hydrogens (tertiary/aromatic N) is 1. The van der Waals surface area contributed by atoms with E-state index in [0.29, 0.717) is 21.2 Å². The molecule has 0 radical (unpaired) electrons. The molecule has 1 aliphatic heterocycles. The number of rotatable bonds is 4. The first kappa shape index (κ1) is 14.6. The molecule has 0 unspecified atom stereocenters. The molecule has 4 rings (SSSR count). The second kappa shape index (κ2) is 6.26. The Labute approximate surface area is 142 Å². The Bertz CT molecular complexity index is 673. The van der Waals surface area contributed by atoms with E-state index in [1.54, 1.807) is 0 Å². The lowest BCUT2D eigenvalue weighted by Gasteiger charge is -2.09. The van der Waals surface area contributed by atoms with Crippen molar-refractivity contribution in [3.8, 4) is 0 Å². The van der Waals surface area contributed by atoms with Gasteiger partial charge in [0, 0.05) is 28.4 Å². The molecule has 2 fully saturated rings. The van der Waals surface area contributed by atoms with E-state index < -0.39 is 0 Å². The molecule has 1 aliphatic carbocycles. The van der Waals surface area contributed by atoms with Gasteiger partial charge in [-0.1, -0.05) is 12.1 Å². The van der Waals surface area contributed by atoms with Crippen molar-refractivity contribution in [1.29, 1.82) is 0 Å². The lowest BCUT2D eigenvalue weighted by atomic mass is 10.1. The molecule has 2 heterocycles. The molecule has 1 N–H and O–H groups in total. The van der Waals surface area contributed by atoms with Crippen LogP contribution < -0.4 is 5.32 Å². The number of nitrogens with one attached hydrogen (secondary N) is 1. The number of benzene rings is 1. The van der Waals surface area contributed by atoms with Crippen molar-refractivity contribution in [3.05, 3.63) is 46.5 Å². The zero-order chi connectivity index (χ0) is 14.9. The minimum Gasteiger partial charge on any atom is -0.298 e. The maximum Gasteiger partial charge on any atom is 0.257 e. The standard InChI is InChI=1S/C16H16N2OS3/c19-14(18-16-17-13(9-22-16)10-1-2-10)11-3-5-12(6-4-11)15-20-7-8-21-15/h3-6,9-10,15H,1-2,7-8H2,(H,17,18,19). The molecule has 1 aromatic carbocycles. The fourth-order valence-electron chi connectivity index (χ4n) is 2.42. The monoisotopic (exact) mass is 348 g/mol. The second-order valence-corrected chi connectivity index (χ2v) is 9.08. The highest BCUT2D eigenvalue weighted by atomic mass is 32.2. The average Bonchev–Trinajstić information content (AvgIpc) is 3.06. The van der Waals surface area contributed by atoms with Crippen LogP contribution >= 0.6 is 34.9 Å². The van der Waals surface area contributed by atoms with Crippen LogP contribution in [0.4, 0.5) is 5.13 Å². The number of thiazole rings is 1. The summed E-state index contributed by atoms with van der Waals surface area (Å²) in [4.78, 5) is 16.8. The quantitative estimate of drug-likeness (QED) is 0.865. The maximum atomic E-state index is 12.3. The zero-order valence-corrected chi connectivity index (χ0v) is 14.4. The van der Waals surface area contributed by atoms with Crippen LogP contribution in [0.2, 0.25) is 0 Å². The molecule has 3 nitrogen and oxygen atoms in total. The van der Waals surface area contributed by atoms with Gasteiger partial charge < -0.3 is 0 Å². The van der Waals surface area contributed by atoms with E-state index in [-0.39, 0.29) is 5.91 Å². The largest absolute Gasteiger partial charge is 0.298 e. The van der Waals surface area contributed by atoms with Gasteiger partial charge in [0.05, 0.1) is 10.3 Å². The van der Waals surface area contributed by atoms with E-state index in [1.165, 1.54) is 41.2 Å². The first-order chi connectivity index (χ1) is 10.8. The highest BCUT2D eigenvalue weighted by Crippen LogP contribution is 2.45. The molecule has 1 aromatic heterocycles. The van der Waals surface area contributed by atoms with Gasteiger partial charge in [-0.2, -0.15) is 0 Å². The first-order valence-electron chi connectivity index (χ1n) is 7.39. The van der Waals surface area contributed by atoms with Gasteiger partial charge in [0.25, 0.3) is 5.91 Å². The molecule has 1 saturated carbocycles. The third-order valence-corrected chi connectivity index (χ3v) is 7.69. The predicted molar refractivity (Wildman–Crippen MR) is 96.1 cm³/mol. The molecule has 1 amide bonds. The topological polar surface area (TPSA) is 42.0 Å². The third-order valence-electron chi connectivity index (χ3n) is 3.80. The summed E-state index contributed by atoms with van der Waals surface area (Å²) in [6.45, 7) is 0. The number of carbonyl (C=O) groups excluding carboxylic acids is 1. The Morgan fingerprint density at radius 1 is 1.14 bits per heavy atom. The van der Waals surface area contributed by atoms with Crippen LogP contribution in [-0.2, 0) is 0 Å². The van der Waals surface area contributed by atoms with Crippen molar-refractivity contribution in [2.45, 2.75) is 23.3 Å². The summed E-state index contributed by atoms with van der Waals surface area (Å²) in [6, 6.07) is 7.98. The van der Waals surface area contributed by atoms with Crippen molar-refractivity contribution in [3.63, 3.8) is 0 Å². The van der Waals surface area contributed by atoms with E-state index in [2.05, 4.69) is 27.8 Å². The summed E-state index contributed by atoms with van der Waals surface area (Å²) in [7, 11) is 0. The molecule has 0 spiro atoms. The van der Waals surface area contributed by atoms with Gasteiger partial charge in [-0.05, 0) is 30.5 Å². The summed E-state index contributed by atoms with van der Waals surface area (Å²) in [5.41, 5.74) is 3.13. The van der Waals surface area contributed by atoms with Gasteiger partial charge in [0.15, 0.2) is 5.13 Å². The van der Waals surface area contributed by atoms with Crippen LogP contribution in [0.5, 0.6) is 0 Å². The fourth-order valence-corrected chi connectivity index (χ4v) is 6.07. The van der Waals surface area contributed by atoms with E-state index in [0.717, 1.165) is 5.69 Å². The average molecular weight is 349 g/mol. The molecule has 22 heavy (non-hydrogen) atoms. The van der Waals surface area contributed by atoms with Crippen LogP contribution in [0.3, 0.4) is 0 Å². The zero-order valence-electron chi connectivity index (χ0n) is 12.0. The van der Waals surface area contributed by atoms with Gasteiger partial charge in [-0.25, -0.2) is 4.98 Å². The van der Waals surface area contributed by atoms with Crippen molar-refractivity contribution in [1.82, 2.24) is 4.98 Å².